The number of hydrogen-bond acceptors (Lipinski definition) is 2. The summed E-state index contributed by atoms with van der Waals surface area (Å²) in [5.41, 5.74) is 3.11. The molecule has 0 N–H and O–H groups in total. The van der Waals surface area contributed by atoms with E-state index in [4.69, 9.17) is 4.74 Å². The van der Waals surface area contributed by atoms with Gasteiger partial charge in [-0.15, -0.1) is 0 Å². The number of esters is 1. The van der Waals surface area contributed by atoms with Crippen LogP contribution in [0.1, 0.15) is 24.5 Å². The maximum absolute atomic E-state index is 11.3. The molecule has 1 aliphatic carbocycles. The van der Waals surface area contributed by atoms with Crippen LogP contribution in [-0.4, -0.2) is 5.97 Å². The predicted octanol–water partition coefficient (Wildman–Crippen LogP) is 2.66. The van der Waals surface area contributed by atoms with Crippen LogP contribution in [0.5, 0.6) is 5.75 Å². The van der Waals surface area contributed by atoms with Crippen LogP contribution >= 0.6 is 0 Å². The molecule has 1 aromatic carbocycles. The molecular formula is C13H14O2. The van der Waals surface area contributed by atoms with E-state index in [0.29, 0.717) is 11.3 Å². The highest BCUT2D eigenvalue weighted by Gasteiger charge is 2.12. The van der Waals surface area contributed by atoms with Gasteiger partial charge in [0, 0.05) is 5.57 Å². The highest BCUT2D eigenvalue weighted by Crippen LogP contribution is 2.26. The number of carbonyl (C=O) groups is 1. The van der Waals surface area contributed by atoms with Crippen molar-refractivity contribution in [1.29, 1.82) is 0 Å². The predicted molar refractivity (Wildman–Crippen MR) is 58.9 cm³/mol. The third kappa shape index (κ3) is 2.09. The van der Waals surface area contributed by atoms with Gasteiger partial charge in [0.25, 0.3) is 0 Å². The van der Waals surface area contributed by atoms with Gasteiger partial charge < -0.3 is 4.74 Å². The topological polar surface area (TPSA) is 26.3 Å². The second-order valence-corrected chi connectivity index (χ2v) is 3.95. The minimum Gasteiger partial charge on any atom is -0.423 e. The number of aryl methyl sites for hydroxylation is 2. The third-order valence-corrected chi connectivity index (χ3v) is 2.63. The Labute approximate surface area is 89.6 Å². The van der Waals surface area contributed by atoms with E-state index in [0.717, 1.165) is 12.8 Å². The molecule has 78 valence electrons. The van der Waals surface area contributed by atoms with Crippen molar-refractivity contribution in [2.24, 2.45) is 0 Å². The van der Waals surface area contributed by atoms with Crippen LogP contribution in [0.25, 0.3) is 0 Å². The minimum absolute atomic E-state index is 0.354. The summed E-state index contributed by atoms with van der Waals surface area (Å²) in [5.74, 6) is 0.275. The Morgan fingerprint density at radius 2 is 2.07 bits per heavy atom. The number of fused-ring (bicyclic) bond motifs is 1. The molecule has 0 saturated heterocycles. The largest absolute Gasteiger partial charge is 0.423 e. The van der Waals surface area contributed by atoms with Crippen LogP contribution in [0.3, 0.4) is 0 Å². The first-order chi connectivity index (χ1) is 7.16. The Kier molecular flexibility index (Phi) is 2.58. The number of ether oxygens (including phenoxy) is 1. The molecule has 0 spiro atoms. The molecule has 0 amide bonds. The Morgan fingerprint density at radius 3 is 2.80 bits per heavy atom. The third-order valence-electron chi connectivity index (χ3n) is 2.63. The average Bonchev–Trinajstić information content (AvgIpc) is 2.64. The summed E-state index contributed by atoms with van der Waals surface area (Å²) >= 11 is 0. The van der Waals surface area contributed by atoms with E-state index >= 15 is 0 Å². The van der Waals surface area contributed by atoms with E-state index in [2.05, 4.69) is 6.58 Å². The lowest BCUT2D eigenvalue weighted by atomic mass is 10.1. The standard InChI is InChI=1S/C13H14O2/c1-9(2)13(14)15-12-7-6-10-4-3-5-11(10)8-12/h6-8H,1,3-5H2,2H3. The van der Waals surface area contributed by atoms with Gasteiger partial charge in [-0.2, -0.15) is 0 Å². The molecule has 0 atom stereocenters. The van der Waals surface area contributed by atoms with Gasteiger partial charge in [0.1, 0.15) is 5.75 Å². The molecular weight excluding hydrogens is 188 g/mol. The van der Waals surface area contributed by atoms with E-state index in [1.807, 2.05) is 18.2 Å². The Balaban J connectivity index is 2.17. The van der Waals surface area contributed by atoms with E-state index in [9.17, 15) is 4.79 Å². The fourth-order valence-electron chi connectivity index (χ4n) is 1.81. The van der Waals surface area contributed by atoms with Gasteiger partial charge in [-0.1, -0.05) is 12.6 Å². The molecule has 1 aromatic rings. The molecule has 0 aliphatic heterocycles. The summed E-state index contributed by atoms with van der Waals surface area (Å²) in [6, 6.07) is 5.86. The van der Waals surface area contributed by atoms with Crippen LogP contribution in [0, 0.1) is 0 Å². The molecule has 0 radical (unpaired) electrons. The van der Waals surface area contributed by atoms with Crippen molar-refractivity contribution in [3.05, 3.63) is 41.5 Å². The molecule has 0 fully saturated rings. The summed E-state index contributed by atoms with van der Waals surface area (Å²) in [6.07, 6.45) is 3.44. The number of benzene rings is 1. The molecule has 0 saturated carbocycles. The monoisotopic (exact) mass is 202 g/mol. The van der Waals surface area contributed by atoms with E-state index in [1.165, 1.54) is 17.5 Å². The molecule has 2 nitrogen and oxygen atoms in total. The number of rotatable bonds is 2. The summed E-state index contributed by atoms with van der Waals surface area (Å²) in [7, 11) is 0. The summed E-state index contributed by atoms with van der Waals surface area (Å²) < 4.78 is 5.16. The van der Waals surface area contributed by atoms with Gasteiger partial charge in [-0.05, 0) is 49.4 Å². The molecule has 0 unspecified atom stereocenters. The fourth-order valence-corrected chi connectivity index (χ4v) is 1.81. The first-order valence-corrected chi connectivity index (χ1v) is 5.16. The Hall–Kier alpha value is -1.57. The van der Waals surface area contributed by atoms with Crippen LogP contribution in [-0.2, 0) is 17.6 Å². The highest BCUT2D eigenvalue weighted by molar-refractivity contribution is 5.88. The first-order valence-electron chi connectivity index (χ1n) is 5.16. The Bertz CT molecular complexity index is 419. The molecule has 2 heteroatoms. The van der Waals surface area contributed by atoms with E-state index in [1.54, 1.807) is 6.92 Å². The smallest absolute Gasteiger partial charge is 0.338 e. The number of carbonyl (C=O) groups excluding carboxylic acids is 1. The van der Waals surface area contributed by atoms with Crippen LogP contribution in [0.2, 0.25) is 0 Å². The molecule has 2 rings (SSSR count). The lowest BCUT2D eigenvalue weighted by Crippen LogP contribution is -2.08. The second kappa shape index (κ2) is 3.89. The molecule has 1 aliphatic rings. The first kappa shape index (κ1) is 9.97. The average molecular weight is 202 g/mol. The van der Waals surface area contributed by atoms with E-state index in [-0.39, 0.29) is 5.97 Å². The zero-order valence-corrected chi connectivity index (χ0v) is 8.88. The van der Waals surface area contributed by atoms with Crippen molar-refractivity contribution in [2.75, 3.05) is 0 Å². The van der Waals surface area contributed by atoms with Crippen molar-refractivity contribution < 1.29 is 9.53 Å². The minimum atomic E-state index is -0.354. The van der Waals surface area contributed by atoms with Gasteiger partial charge in [0.05, 0.1) is 0 Å². The molecule has 15 heavy (non-hydrogen) atoms. The lowest BCUT2D eigenvalue weighted by molar-refractivity contribution is -0.130. The normalized spacial score (nSPS) is 13.4. The number of hydrogen-bond donors (Lipinski definition) is 0. The van der Waals surface area contributed by atoms with Crippen LogP contribution in [0.15, 0.2) is 30.4 Å². The Morgan fingerprint density at radius 1 is 1.33 bits per heavy atom. The van der Waals surface area contributed by atoms with Gasteiger partial charge >= 0.3 is 5.97 Å². The van der Waals surface area contributed by atoms with Crippen LogP contribution in [0.4, 0.5) is 0 Å². The van der Waals surface area contributed by atoms with Crippen molar-refractivity contribution >= 4 is 5.97 Å². The van der Waals surface area contributed by atoms with Gasteiger partial charge in [0.2, 0.25) is 0 Å². The fraction of sp³-hybridized carbons (Fsp3) is 0.308. The van der Waals surface area contributed by atoms with Gasteiger partial charge in [0.15, 0.2) is 0 Å². The van der Waals surface area contributed by atoms with Gasteiger partial charge in [-0.3, -0.25) is 0 Å². The van der Waals surface area contributed by atoms with Crippen molar-refractivity contribution in [3.8, 4) is 5.75 Å². The molecule has 0 aromatic heterocycles. The SMILES string of the molecule is C=C(C)C(=O)Oc1ccc2c(c1)CCC2. The lowest BCUT2D eigenvalue weighted by Gasteiger charge is -2.05. The van der Waals surface area contributed by atoms with Crippen molar-refractivity contribution in [1.82, 2.24) is 0 Å². The quantitative estimate of drug-likeness (QED) is 0.418. The van der Waals surface area contributed by atoms with E-state index < -0.39 is 0 Å². The highest BCUT2D eigenvalue weighted by atomic mass is 16.5. The maximum atomic E-state index is 11.3. The summed E-state index contributed by atoms with van der Waals surface area (Å²) in [5, 5.41) is 0. The summed E-state index contributed by atoms with van der Waals surface area (Å²) in [4.78, 5) is 11.3. The molecule has 0 heterocycles. The molecule has 0 bridgehead atoms. The zero-order valence-electron chi connectivity index (χ0n) is 8.88. The van der Waals surface area contributed by atoms with Crippen molar-refractivity contribution in [3.63, 3.8) is 0 Å². The van der Waals surface area contributed by atoms with Crippen molar-refractivity contribution in [2.45, 2.75) is 26.2 Å². The van der Waals surface area contributed by atoms with Crippen LogP contribution < -0.4 is 4.74 Å². The maximum Gasteiger partial charge on any atom is 0.338 e. The van der Waals surface area contributed by atoms with Gasteiger partial charge in [-0.25, -0.2) is 4.79 Å². The second-order valence-electron chi connectivity index (χ2n) is 3.95. The summed E-state index contributed by atoms with van der Waals surface area (Å²) in [6.45, 7) is 5.20. The zero-order chi connectivity index (χ0) is 10.8.